The monoisotopic (exact) mass is 338 g/mol. The van der Waals surface area contributed by atoms with Crippen molar-refractivity contribution in [1.29, 1.82) is 0 Å². The number of likely N-dealkylation sites (tertiary alicyclic amines) is 1. The van der Waals surface area contributed by atoms with Gasteiger partial charge < -0.3 is 15.0 Å². The van der Waals surface area contributed by atoms with Crippen molar-refractivity contribution in [3.63, 3.8) is 0 Å². The minimum atomic E-state index is 0.0714. The Hall–Kier alpha value is -2.33. The Morgan fingerprint density at radius 3 is 2.56 bits per heavy atom. The molecule has 0 bridgehead atoms. The number of carbonyl (C=O) groups excluding carboxylic acids is 1. The Morgan fingerprint density at radius 2 is 1.84 bits per heavy atom. The van der Waals surface area contributed by atoms with Gasteiger partial charge in [0.15, 0.2) is 0 Å². The molecule has 1 aliphatic rings. The van der Waals surface area contributed by atoms with E-state index in [2.05, 4.69) is 30.4 Å². The van der Waals surface area contributed by atoms with Crippen molar-refractivity contribution >= 4 is 5.91 Å². The van der Waals surface area contributed by atoms with Crippen LogP contribution in [0.1, 0.15) is 36.9 Å². The first-order chi connectivity index (χ1) is 12.2. The average molecular weight is 338 g/mol. The molecule has 0 saturated carbocycles. The van der Waals surface area contributed by atoms with Crippen LogP contribution in [0.5, 0.6) is 5.75 Å². The summed E-state index contributed by atoms with van der Waals surface area (Å²) in [6.07, 6.45) is 1.45. The molecule has 132 valence electrons. The van der Waals surface area contributed by atoms with E-state index in [0.29, 0.717) is 6.42 Å². The molecule has 1 amide bonds. The highest BCUT2D eigenvalue weighted by Crippen LogP contribution is 2.32. The Kier molecular flexibility index (Phi) is 5.71. The molecule has 0 radical (unpaired) electrons. The number of nitrogens with zero attached hydrogens (tertiary/aromatic N) is 1. The second-order valence-corrected chi connectivity index (χ2v) is 6.37. The fourth-order valence-electron chi connectivity index (χ4n) is 3.69. The summed E-state index contributed by atoms with van der Waals surface area (Å²) in [5.41, 5.74) is 2.33. The van der Waals surface area contributed by atoms with E-state index in [4.69, 9.17) is 4.74 Å². The summed E-state index contributed by atoms with van der Waals surface area (Å²) in [5, 5.41) is 3.67. The Morgan fingerprint density at radius 1 is 1.12 bits per heavy atom. The summed E-state index contributed by atoms with van der Waals surface area (Å²) >= 11 is 0. The molecular weight excluding hydrogens is 312 g/mol. The number of para-hydroxylation sites is 1. The lowest BCUT2D eigenvalue weighted by Crippen LogP contribution is -2.50. The molecule has 1 aliphatic heterocycles. The molecule has 1 fully saturated rings. The minimum Gasteiger partial charge on any atom is -0.496 e. The quantitative estimate of drug-likeness (QED) is 0.876. The summed E-state index contributed by atoms with van der Waals surface area (Å²) in [4.78, 5) is 14.4. The Bertz CT molecular complexity index is 702. The third kappa shape index (κ3) is 3.85. The average Bonchev–Trinajstić information content (AvgIpc) is 2.67. The van der Waals surface area contributed by atoms with E-state index in [1.165, 1.54) is 5.56 Å². The summed E-state index contributed by atoms with van der Waals surface area (Å²) in [6.45, 7) is 3.51. The number of amides is 1. The zero-order chi connectivity index (χ0) is 17.6. The van der Waals surface area contributed by atoms with E-state index in [1.807, 2.05) is 41.3 Å². The van der Waals surface area contributed by atoms with Gasteiger partial charge in [0.2, 0.25) is 5.91 Å². The number of methoxy groups -OCH3 is 1. The Balaban J connectivity index is 1.81. The van der Waals surface area contributed by atoms with Crippen LogP contribution in [0.3, 0.4) is 0 Å². The second-order valence-electron chi connectivity index (χ2n) is 6.37. The first-order valence-electron chi connectivity index (χ1n) is 8.94. The maximum Gasteiger partial charge on any atom is 0.223 e. The van der Waals surface area contributed by atoms with Crippen LogP contribution >= 0.6 is 0 Å². The van der Waals surface area contributed by atoms with Crippen LogP contribution in [0.4, 0.5) is 0 Å². The van der Waals surface area contributed by atoms with E-state index in [1.54, 1.807) is 7.11 Å². The molecule has 0 unspecified atom stereocenters. The Labute approximate surface area is 149 Å². The molecule has 3 rings (SSSR count). The van der Waals surface area contributed by atoms with Gasteiger partial charge in [-0.05, 0) is 25.0 Å². The van der Waals surface area contributed by atoms with Gasteiger partial charge in [-0.25, -0.2) is 0 Å². The highest BCUT2D eigenvalue weighted by molar-refractivity contribution is 5.78. The van der Waals surface area contributed by atoms with Gasteiger partial charge >= 0.3 is 0 Å². The van der Waals surface area contributed by atoms with Crippen molar-refractivity contribution in [2.75, 3.05) is 13.7 Å². The number of rotatable bonds is 6. The van der Waals surface area contributed by atoms with Crippen molar-refractivity contribution in [3.05, 3.63) is 65.7 Å². The largest absolute Gasteiger partial charge is 0.496 e. The van der Waals surface area contributed by atoms with Crippen LogP contribution in [-0.2, 0) is 11.3 Å². The predicted molar refractivity (Wildman–Crippen MR) is 99.4 cm³/mol. The van der Waals surface area contributed by atoms with Gasteiger partial charge in [-0.1, -0.05) is 48.5 Å². The summed E-state index contributed by atoms with van der Waals surface area (Å²) < 4.78 is 5.45. The third-order valence-corrected chi connectivity index (χ3v) is 4.94. The standard InChI is InChI=1S/C21H26N2O2/c1-3-23-20(24)14-13-18(21(23)16-9-5-4-6-10-16)22-15-17-11-7-8-12-19(17)25-2/h4-12,18,21-22H,3,13-15H2,1-2H3/t18-,21-/m0/s1. The van der Waals surface area contributed by atoms with E-state index in [-0.39, 0.29) is 18.0 Å². The lowest BCUT2D eigenvalue weighted by molar-refractivity contribution is -0.137. The molecule has 1 heterocycles. The first kappa shape index (κ1) is 17.5. The molecule has 25 heavy (non-hydrogen) atoms. The van der Waals surface area contributed by atoms with Crippen molar-refractivity contribution in [3.8, 4) is 5.75 Å². The first-order valence-corrected chi connectivity index (χ1v) is 8.94. The third-order valence-electron chi connectivity index (χ3n) is 4.94. The molecule has 0 spiro atoms. The summed E-state index contributed by atoms with van der Waals surface area (Å²) in [7, 11) is 1.70. The highest BCUT2D eigenvalue weighted by atomic mass is 16.5. The maximum atomic E-state index is 12.4. The van der Waals surface area contributed by atoms with Gasteiger partial charge in [-0.15, -0.1) is 0 Å². The van der Waals surface area contributed by atoms with Crippen molar-refractivity contribution in [2.45, 2.75) is 38.4 Å². The lowest BCUT2D eigenvalue weighted by atomic mass is 9.89. The van der Waals surface area contributed by atoms with Crippen molar-refractivity contribution in [1.82, 2.24) is 10.2 Å². The maximum absolute atomic E-state index is 12.4. The molecule has 4 nitrogen and oxygen atoms in total. The number of likely N-dealkylation sites (N-methyl/N-ethyl adjacent to an activating group) is 1. The van der Waals surface area contributed by atoms with E-state index >= 15 is 0 Å². The molecule has 2 aromatic rings. The van der Waals surface area contributed by atoms with E-state index < -0.39 is 0 Å². The van der Waals surface area contributed by atoms with Crippen LogP contribution in [0.2, 0.25) is 0 Å². The smallest absolute Gasteiger partial charge is 0.223 e. The number of carbonyl (C=O) groups is 1. The number of ether oxygens (including phenoxy) is 1. The van der Waals surface area contributed by atoms with Crippen LogP contribution in [-0.4, -0.2) is 30.5 Å². The van der Waals surface area contributed by atoms with Gasteiger partial charge in [0, 0.05) is 31.1 Å². The van der Waals surface area contributed by atoms with Crippen molar-refractivity contribution in [2.24, 2.45) is 0 Å². The van der Waals surface area contributed by atoms with Gasteiger partial charge in [-0.3, -0.25) is 4.79 Å². The second kappa shape index (κ2) is 8.17. The molecule has 0 aliphatic carbocycles. The number of nitrogens with one attached hydrogen (secondary N) is 1. The normalized spacial score (nSPS) is 20.6. The number of piperidine rings is 1. The van der Waals surface area contributed by atoms with Gasteiger partial charge in [0.05, 0.1) is 13.2 Å². The molecule has 0 aromatic heterocycles. The van der Waals surface area contributed by atoms with Gasteiger partial charge in [0.25, 0.3) is 0 Å². The van der Waals surface area contributed by atoms with E-state index in [9.17, 15) is 4.79 Å². The van der Waals surface area contributed by atoms with E-state index in [0.717, 1.165) is 30.8 Å². The molecule has 2 aromatic carbocycles. The zero-order valence-corrected chi connectivity index (χ0v) is 14.9. The molecule has 1 saturated heterocycles. The number of benzene rings is 2. The van der Waals surface area contributed by atoms with Gasteiger partial charge in [0.1, 0.15) is 5.75 Å². The van der Waals surface area contributed by atoms with Crippen LogP contribution < -0.4 is 10.1 Å². The summed E-state index contributed by atoms with van der Waals surface area (Å²) in [5.74, 6) is 1.14. The fourth-order valence-corrected chi connectivity index (χ4v) is 3.69. The van der Waals surface area contributed by atoms with Crippen LogP contribution in [0, 0.1) is 0 Å². The highest BCUT2D eigenvalue weighted by Gasteiger charge is 2.35. The SMILES string of the molecule is CCN1C(=O)CC[C@H](NCc2ccccc2OC)[C@@H]1c1ccccc1. The topological polar surface area (TPSA) is 41.6 Å². The zero-order valence-electron chi connectivity index (χ0n) is 14.9. The van der Waals surface area contributed by atoms with Crippen LogP contribution in [0.25, 0.3) is 0 Å². The molecular formula is C21H26N2O2. The lowest BCUT2D eigenvalue weighted by Gasteiger charge is -2.41. The summed E-state index contributed by atoms with van der Waals surface area (Å²) in [6, 6.07) is 18.7. The van der Waals surface area contributed by atoms with Crippen molar-refractivity contribution < 1.29 is 9.53 Å². The van der Waals surface area contributed by atoms with Gasteiger partial charge in [-0.2, -0.15) is 0 Å². The number of hydrogen-bond acceptors (Lipinski definition) is 3. The van der Waals surface area contributed by atoms with Crippen LogP contribution in [0.15, 0.2) is 54.6 Å². The molecule has 4 heteroatoms. The number of hydrogen-bond donors (Lipinski definition) is 1. The molecule has 2 atom stereocenters. The predicted octanol–water partition coefficient (Wildman–Crippen LogP) is 3.54. The minimum absolute atomic E-state index is 0.0714. The molecule has 1 N–H and O–H groups in total. The fraction of sp³-hybridized carbons (Fsp3) is 0.381.